The van der Waals surface area contributed by atoms with Crippen molar-refractivity contribution in [1.82, 2.24) is 4.31 Å². The number of carbonyl (C=O) groups excluding carboxylic acids is 2. The molecule has 0 aliphatic rings. The van der Waals surface area contributed by atoms with Gasteiger partial charge >= 0.3 is 12.1 Å². The molecule has 0 N–H and O–H groups in total. The van der Waals surface area contributed by atoms with Crippen LogP contribution in [-0.4, -0.2) is 40.4 Å². The Kier molecular flexibility index (Phi) is 13.0. The van der Waals surface area contributed by atoms with Gasteiger partial charge in [-0.15, -0.1) is 6.58 Å². The molecule has 0 aromatic rings. The first-order chi connectivity index (χ1) is 12.3. The van der Waals surface area contributed by atoms with Gasteiger partial charge in [0.1, 0.15) is 5.60 Å². The number of hydrogen-bond acceptors (Lipinski definition) is 5. The van der Waals surface area contributed by atoms with Crippen molar-refractivity contribution in [2.45, 2.75) is 78.4 Å². The molecule has 26 heavy (non-hydrogen) atoms. The zero-order valence-electron chi connectivity index (χ0n) is 17.0. The maximum atomic E-state index is 12.7. The molecule has 0 spiro atoms. The summed E-state index contributed by atoms with van der Waals surface area (Å²) in [5.74, 6) is 0.282. The van der Waals surface area contributed by atoms with E-state index < -0.39 is 23.7 Å². The number of ether oxygens (including phenoxy) is 2. The quantitative estimate of drug-likeness (QED) is 0.192. The van der Waals surface area contributed by atoms with Crippen LogP contribution >= 0.6 is 11.9 Å². The van der Waals surface area contributed by atoms with Crippen LogP contribution in [0.5, 0.6) is 0 Å². The number of allylic oxidation sites excluding steroid dienone is 2. The number of carbonyl (C=O) groups is 2. The number of amides is 1. The molecule has 0 aliphatic heterocycles. The molecule has 150 valence electrons. The van der Waals surface area contributed by atoms with Crippen molar-refractivity contribution in [3.8, 4) is 0 Å². The van der Waals surface area contributed by atoms with Crippen LogP contribution < -0.4 is 0 Å². The fraction of sp³-hybridized carbons (Fsp3) is 0.700. The highest BCUT2D eigenvalue weighted by Crippen LogP contribution is 2.23. The van der Waals surface area contributed by atoms with E-state index in [2.05, 4.69) is 13.5 Å². The Bertz CT molecular complexity index is 457. The second-order valence-electron chi connectivity index (χ2n) is 6.85. The zero-order chi connectivity index (χ0) is 20.0. The standard InChI is InChI=1S/C20H35NO4S/c1-7-10-12-14-16-26-21(19(23)25-20(4,5)6)17(15-13-11-8-2)18(22)24-9-3/h8,13,15,17H,2,7,9-12,14,16H2,1,3-6H3/b15-13+. The van der Waals surface area contributed by atoms with Crippen LogP contribution in [-0.2, 0) is 14.3 Å². The highest BCUT2D eigenvalue weighted by Gasteiger charge is 2.33. The molecule has 0 heterocycles. The summed E-state index contributed by atoms with van der Waals surface area (Å²) in [5, 5.41) is 0. The van der Waals surface area contributed by atoms with Gasteiger partial charge in [0.25, 0.3) is 0 Å². The summed E-state index contributed by atoms with van der Waals surface area (Å²) in [6, 6.07) is -0.819. The maximum Gasteiger partial charge on any atom is 0.421 e. The van der Waals surface area contributed by atoms with Gasteiger partial charge < -0.3 is 9.47 Å². The topological polar surface area (TPSA) is 55.8 Å². The van der Waals surface area contributed by atoms with Gasteiger partial charge in [-0.25, -0.2) is 13.9 Å². The molecule has 1 atom stereocenters. The molecular weight excluding hydrogens is 350 g/mol. The number of nitrogens with zero attached hydrogens (tertiary/aromatic N) is 1. The van der Waals surface area contributed by atoms with Crippen LogP contribution in [0.4, 0.5) is 4.79 Å². The molecule has 0 fully saturated rings. The van der Waals surface area contributed by atoms with Crippen LogP contribution in [0.3, 0.4) is 0 Å². The van der Waals surface area contributed by atoms with E-state index in [0.717, 1.165) is 31.4 Å². The van der Waals surface area contributed by atoms with Crippen LogP contribution in [0.25, 0.3) is 0 Å². The summed E-state index contributed by atoms with van der Waals surface area (Å²) >= 11 is 1.32. The van der Waals surface area contributed by atoms with E-state index in [-0.39, 0.29) is 6.61 Å². The van der Waals surface area contributed by atoms with Gasteiger partial charge in [-0.05, 0) is 52.5 Å². The van der Waals surface area contributed by atoms with Gasteiger partial charge in [0.05, 0.1) is 6.61 Å². The summed E-state index contributed by atoms with van der Waals surface area (Å²) in [4.78, 5) is 25.1. The minimum absolute atomic E-state index is 0.258. The third-order valence-corrected chi connectivity index (χ3v) is 4.33. The molecule has 0 aromatic carbocycles. The lowest BCUT2D eigenvalue weighted by Crippen LogP contribution is -2.43. The van der Waals surface area contributed by atoms with Crippen molar-refractivity contribution in [2.24, 2.45) is 0 Å². The SMILES string of the molecule is C=CC/C=C/C(C(=O)OCC)N(SCCCCCC)C(=O)OC(C)(C)C. The van der Waals surface area contributed by atoms with Crippen molar-refractivity contribution < 1.29 is 19.1 Å². The third-order valence-electron chi connectivity index (χ3n) is 3.20. The first-order valence-electron chi connectivity index (χ1n) is 9.36. The Balaban J connectivity index is 5.29. The minimum Gasteiger partial charge on any atom is -0.464 e. The number of hydrogen-bond donors (Lipinski definition) is 0. The van der Waals surface area contributed by atoms with E-state index in [1.165, 1.54) is 16.3 Å². The van der Waals surface area contributed by atoms with E-state index in [1.807, 2.05) is 26.8 Å². The number of rotatable bonds is 12. The molecular formula is C20H35NO4S. The molecule has 0 rings (SSSR count). The average Bonchev–Trinajstić information content (AvgIpc) is 2.54. The summed E-state index contributed by atoms with van der Waals surface area (Å²) < 4.78 is 12.1. The molecule has 0 bridgehead atoms. The lowest BCUT2D eigenvalue weighted by atomic mass is 10.2. The molecule has 0 aromatic heterocycles. The second-order valence-corrected chi connectivity index (χ2v) is 7.91. The van der Waals surface area contributed by atoms with Crippen LogP contribution in [0.2, 0.25) is 0 Å². The fourth-order valence-electron chi connectivity index (χ4n) is 2.03. The number of unbranched alkanes of at least 4 members (excludes halogenated alkanes) is 3. The van der Waals surface area contributed by atoms with Crippen molar-refractivity contribution in [3.63, 3.8) is 0 Å². The number of esters is 1. The molecule has 0 aliphatic carbocycles. The Labute approximate surface area is 163 Å². The molecule has 0 saturated heterocycles. The smallest absolute Gasteiger partial charge is 0.421 e. The first kappa shape index (κ1) is 24.6. The van der Waals surface area contributed by atoms with Crippen molar-refractivity contribution in [1.29, 1.82) is 0 Å². The Morgan fingerprint density at radius 1 is 1.19 bits per heavy atom. The van der Waals surface area contributed by atoms with Gasteiger partial charge in [-0.2, -0.15) is 0 Å². The predicted molar refractivity (Wildman–Crippen MR) is 109 cm³/mol. The highest BCUT2D eigenvalue weighted by atomic mass is 32.2. The normalized spacial score (nSPS) is 12.7. The molecule has 0 radical (unpaired) electrons. The van der Waals surface area contributed by atoms with Gasteiger partial charge in [0.15, 0.2) is 6.04 Å². The zero-order valence-corrected chi connectivity index (χ0v) is 17.8. The molecule has 6 heteroatoms. The largest absolute Gasteiger partial charge is 0.464 e. The average molecular weight is 386 g/mol. The third kappa shape index (κ3) is 11.2. The van der Waals surface area contributed by atoms with Crippen LogP contribution in [0.1, 0.15) is 66.7 Å². The minimum atomic E-state index is -0.819. The summed E-state index contributed by atoms with van der Waals surface area (Å²) in [5.41, 5.74) is -0.637. The van der Waals surface area contributed by atoms with Gasteiger partial charge in [0.2, 0.25) is 0 Å². The van der Waals surface area contributed by atoms with E-state index in [0.29, 0.717) is 6.42 Å². The predicted octanol–water partition coefficient (Wildman–Crippen LogP) is 5.52. The lowest BCUT2D eigenvalue weighted by molar-refractivity contribution is -0.145. The van der Waals surface area contributed by atoms with Crippen molar-refractivity contribution >= 4 is 24.0 Å². The highest BCUT2D eigenvalue weighted by molar-refractivity contribution is 7.97. The molecule has 0 saturated carbocycles. The summed E-state index contributed by atoms with van der Waals surface area (Å²) in [6.45, 7) is 13.2. The second kappa shape index (κ2) is 13.7. The maximum absolute atomic E-state index is 12.7. The van der Waals surface area contributed by atoms with Gasteiger partial charge in [-0.3, -0.25) is 0 Å². The lowest BCUT2D eigenvalue weighted by Gasteiger charge is -2.30. The Hall–Kier alpha value is -1.43. The Morgan fingerprint density at radius 2 is 1.88 bits per heavy atom. The van der Waals surface area contributed by atoms with Crippen LogP contribution in [0, 0.1) is 0 Å². The van der Waals surface area contributed by atoms with E-state index >= 15 is 0 Å². The van der Waals surface area contributed by atoms with Gasteiger partial charge in [0, 0.05) is 5.75 Å². The molecule has 1 amide bonds. The van der Waals surface area contributed by atoms with E-state index in [4.69, 9.17) is 9.47 Å². The summed E-state index contributed by atoms with van der Waals surface area (Å²) in [7, 11) is 0. The molecule has 1 unspecified atom stereocenters. The Morgan fingerprint density at radius 3 is 2.42 bits per heavy atom. The summed E-state index contributed by atoms with van der Waals surface area (Å²) in [6.07, 6.45) is 9.69. The monoisotopic (exact) mass is 385 g/mol. The molecule has 5 nitrogen and oxygen atoms in total. The first-order valence-corrected chi connectivity index (χ1v) is 10.3. The van der Waals surface area contributed by atoms with E-state index in [9.17, 15) is 9.59 Å². The van der Waals surface area contributed by atoms with Crippen LogP contribution in [0.15, 0.2) is 24.8 Å². The van der Waals surface area contributed by atoms with Gasteiger partial charge in [-0.1, -0.05) is 44.4 Å². The fourth-order valence-corrected chi connectivity index (χ4v) is 3.02. The van der Waals surface area contributed by atoms with E-state index in [1.54, 1.807) is 19.1 Å². The van der Waals surface area contributed by atoms with Crippen molar-refractivity contribution in [3.05, 3.63) is 24.8 Å². The van der Waals surface area contributed by atoms with Crippen molar-refractivity contribution in [2.75, 3.05) is 12.4 Å².